The molecule has 2 N–H and O–H groups in total. The molecule has 0 aliphatic rings. The summed E-state index contributed by atoms with van der Waals surface area (Å²) >= 11 is 0. The van der Waals surface area contributed by atoms with Gasteiger partial charge >= 0.3 is 0 Å². The molecule has 3 rings (SSSR count). The molecule has 2 aromatic carbocycles. The van der Waals surface area contributed by atoms with Crippen LogP contribution in [-0.2, 0) is 16.6 Å². The molecule has 3 aromatic rings. The number of amides is 1. The Morgan fingerprint density at radius 1 is 1.00 bits per heavy atom. The third-order valence-corrected chi connectivity index (χ3v) is 6.76. The van der Waals surface area contributed by atoms with Crippen molar-refractivity contribution in [2.24, 2.45) is 0 Å². The van der Waals surface area contributed by atoms with E-state index in [0.29, 0.717) is 22.7 Å². The Balaban J connectivity index is 1.83. The van der Waals surface area contributed by atoms with Gasteiger partial charge in [0, 0.05) is 22.9 Å². The van der Waals surface area contributed by atoms with Crippen molar-refractivity contribution in [1.82, 2.24) is 10.3 Å². The van der Waals surface area contributed by atoms with Crippen molar-refractivity contribution < 1.29 is 22.7 Å². The van der Waals surface area contributed by atoms with Gasteiger partial charge in [0.05, 0.1) is 37.0 Å². The number of sulfonamides is 1. The quantitative estimate of drug-likeness (QED) is 0.520. The van der Waals surface area contributed by atoms with E-state index in [9.17, 15) is 13.2 Å². The van der Waals surface area contributed by atoms with Crippen molar-refractivity contribution in [3.8, 4) is 11.5 Å². The van der Waals surface area contributed by atoms with Crippen LogP contribution in [0.2, 0.25) is 0 Å². The summed E-state index contributed by atoms with van der Waals surface area (Å²) < 4.78 is 39.3. The highest BCUT2D eigenvalue weighted by Gasteiger charge is 2.21. The molecule has 0 fully saturated rings. The van der Waals surface area contributed by atoms with Crippen LogP contribution in [0, 0.1) is 20.8 Å². The summed E-state index contributed by atoms with van der Waals surface area (Å²) in [6, 6.07) is 11.3. The molecule has 0 atom stereocenters. The normalized spacial score (nSPS) is 11.1. The number of rotatable bonds is 8. The third-order valence-electron chi connectivity index (χ3n) is 5.26. The molecule has 0 saturated carbocycles. The number of carbonyl (C=O) groups excluding carboxylic acids is 1. The van der Waals surface area contributed by atoms with Crippen LogP contribution >= 0.6 is 0 Å². The van der Waals surface area contributed by atoms with Gasteiger partial charge in [-0.3, -0.25) is 14.5 Å². The number of nitrogens with zero attached hydrogens (tertiary/aromatic N) is 1. The molecule has 0 saturated heterocycles. The highest BCUT2D eigenvalue weighted by atomic mass is 32.2. The number of para-hydroxylation sites is 2. The number of methoxy groups -OCH3 is 2. The molecular formula is C24H27N3O5S. The number of nitrogens with one attached hydrogen (secondary N) is 2. The van der Waals surface area contributed by atoms with Gasteiger partial charge in [0.15, 0.2) is 0 Å². The van der Waals surface area contributed by atoms with Gasteiger partial charge in [-0.15, -0.1) is 0 Å². The lowest BCUT2D eigenvalue weighted by Gasteiger charge is -2.15. The third kappa shape index (κ3) is 5.25. The van der Waals surface area contributed by atoms with Gasteiger partial charge in [0.25, 0.3) is 15.9 Å². The fourth-order valence-corrected chi connectivity index (χ4v) is 4.82. The van der Waals surface area contributed by atoms with Crippen molar-refractivity contribution in [2.45, 2.75) is 32.2 Å². The maximum atomic E-state index is 13.1. The van der Waals surface area contributed by atoms with Gasteiger partial charge < -0.3 is 14.8 Å². The van der Waals surface area contributed by atoms with E-state index in [1.807, 2.05) is 13.8 Å². The van der Waals surface area contributed by atoms with Crippen molar-refractivity contribution in [1.29, 1.82) is 0 Å². The summed E-state index contributed by atoms with van der Waals surface area (Å²) in [5, 5.41) is 2.80. The average molecular weight is 470 g/mol. The summed E-state index contributed by atoms with van der Waals surface area (Å²) in [6.07, 6.45) is 1.69. The summed E-state index contributed by atoms with van der Waals surface area (Å²) in [5.74, 6) is 0.703. The molecule has 1 amide bonds. The lowest BCUT2D eigenvalue weighted by atomic mass is 10.1. The van der Waals surface area contributed by atoms with Crippen LogP contribution in [0.15, 0.2) is 53.6 Å². The number of carbonyl (C=O) groups is 1. The SMILES string of the molecule is COc1ccccc1NS(=O)(=O)c1cc(C(=O)NCc2ncc(C)c(OC)c2C)ccc1C. The molecule has 0 aliphatic heterocycles. The van der Waals surface area contributed by atoms with E-state index in [4.69, 9.17) is 9.47 Å². The number of pyridine rings is 1. The fourth-order valence-electron chi connectivity index (χ4n) is 3.47. The number of aromatic nitrogens is 1. The molecule has 0 radical (unpaired) electrons. The Bertz CT molecular complexity index is 1290. The Morgan fingerprint density at radius 3 is 2.42 bits per heavy atom. The number of hydrogen-bond acceptors (Lipinski definition) is 6. The standard InChI is InChI=1S/C24H27N3O5S/c1-15-10-11-18(24(28)26-14-20-17(3)23(32-5)16(2)13-25-20)12-22(15)33(29,30)27-19-8-6-7-9-21(19)31-4/h6-13,27H,14H2,1-5H3,(H,26,28). The van der Waals surface area contributed by atoms with E-state index in [2.05, 4.69) is 15.0 Å². The van der Waals surface area contributed by atoms with Crippen LogP contribution < -0.4 is 19.5 Å². The van der Waals surface area contributed by atoms with E-state index in [-0.39, 0.29) is 17.0 Å². The number of anilines is 1. The van der Waals surface area contributed by atoms with Crippen LogP contribution in [0.5, 0.6) is 11.5 Å². The molecule has 9 heteroatoms. The van der Waals surface area contributed by atoms with Crippen LogP contribution in [0.1, 0.15) is 32.7 Å². The zero-order valence-electron chi connectivity index (χ0n) is 19.2. The van der Waals surface area contributed by atoms with Crippen molar-refractivity contribution in [3.63, 3.8) is 0 Å². The van der Waals surface area contributed by atoms with Gasteiger partial charge in [0.2, 0.25) is 0 Å². The second-order valence-electron chi connectivity index (χ2n) is 7.51. The van der Waals surface area contributed by atoms with Crippen molar-refractivity contribution in [2.75, 3.05) is 18.9 Å². The maximum Gasteiger partial charge on any atom is 0.262 e. The van der Waals surface area contributed by atoms with Crippen LogP contribution in [0.25, 0.3) is 0 Å². The molecular weight excluding hydrogens is 442 g/mol. The first-order valence-corrected chi connectivity index (χ1v) is 11.7. The Kier molecular flexibility index (Phi) is 7.23. The van der Waals surface area contributed by atoms with Gasteiger partial charge in [-0.25, -0.2) is 8.42 Å². The highest BCUT2D eigenvalue weighted by molar-refractivity contribution is 7.92. The highest BCUT2D eigenvalue weighted by Crippen LogP contribution is 2.28. The average Bonchev–Trinajstić information content (AvgIpc) is 2.79. The minimum absolute atomic E-state index is 0.00682. The summed E-state index contributed by atoms with van der Waals surface area (Å²) in [6.45, 7) is 5.62. The molecule has 1 heterocycles. The fraction of sp³-hybridized carbons (Fsp3) is 0.250. The number of aryl methyl sites for hydroxylation is 2. The molecule has 174 valence electrons. The van der Waals surface area contributed by atoms with Crippen LogP contribution in [0.4, 0.5) is 5.69 Å². The lowest BCUT2D eigenvalue weighted by Crippen LogP contribution is -2.24. The molecule has 0 unspecified atom stereocenters. The van der Waals surface area contributed by atoms with E-state index in [1.165, 1.54) is 13.2 Å². The topological polar surface area (TPSA) is 107 Å². The van der Waals surface area contributed by atoms with E-state index >= 15 is 0 Å². The lowest BCUT2D eigenvalue weighted by molar-refractivity contribution is 0.0950. The first-order valence-electron chi connectivity index (χ1n) is 10.2. The smallest absolute Gasteiger partial charge is 0.262 e. The van der Waals surface area contributed by atoms with E-state index in [0.717, 1.165) is 16.9 Å². The molecule has 0 bridgehead atoms. The second-order valence-corrected chi connectivity index (χ2v) is 9.17. The van der Waals surface area contributed by atoms with E-state index in [1.54, 1.807) is 56.6 Å². The van der Waals surface area contributed by atoms with Crippen LogP contribution in [-0.4, -0.2) is 33.5 Å². The van der Waals surface area contributed by atoms with Gasteiger partial charge in [0.1, 0.15) is 11.5 Å². The Hall–Kier alpha value is -3.59. The molecule has 0 aliphatic carbocycles. The summed E-state index contributed by atoms with van der Waals surface area (Å²) in [5.41, 5.74) is 3.45. The molecule has 33 heavy (non-hydrogen) atoms. The number of ether oxygens (including phenoxy) is 2. The van der Waals surface area contributed by atoms with Crippen molar-refractivity contribution in [3.05, 3.63) is 76.6 Å². The Labute approximate surface area is 194 Å². The zero-order chi connectivity index (χ0) is 24.2. The monoisotopic (exact) mass is 469 g/mol. The maximum absolute atomic E-state index is 13.1. The first kappa shape index (κ1) is 24.1. The predicted molar refractivity (Wildman–Crippen MR) is 126 cm³/mol. The van der Waals surface area contributed by atoms with Gasteiger partial charge in [-0.05, 0) is 50.6 Å². The number of hydrogen-bond donors (Lipinski definition) is 2. The predicted octanol–water partition coefficient (Wildman–Crippen LogP) is 3.75. The second kappa shape index (κ2) is 9.91. The van der Waals surface area contributed by atoms with E-state index < -0.39 is 15.9 Å². The molecule has 1 aromatic heterocycles. The Morgan fingerprint density at radius 2 is 1.73 bits per heavy atom. The minimum Gasteiger partial charge on any atom is -0.496 e. The van der Waals surface area contributed by atoms with Gasteiger partial charge in [-0.1, -0.05) is 18.2 Å². The summed E-state index contributed by atoms with van der Waals surface area (Å²) in [7, 11) is -0.909. The minimum atomic E-state index is -3.96. The number of benzene rings is 2. The van der Waals surface area contributed by atoms with Crippen LogP contribution in [0.3, 0.4) is 0 Å². The first-order chi connectivity index (χ1) is 15.7. The molecule has 8 nitrogen and oxygen atoms in total. The van der Waals surface area contributed by atoms with Gasteiger partial charge in [-0.2, -0.15) is 0 Å². The molecule has 0 spiro atoms. The summed E-state index contributed by atoms with van der Waals surface area (Å²) in [4.78, 5) is 17.2. The largest absolute Gasteiger partial charge is 0.496 e. The zero-order valence-corrected chi connectivity index (χ0v) is 20.0. The van der Waals surface area contributed by atoms with Crippen molar-refractivity contribution >= 4 is 21.6 Å².